The van der Waals surface area contributed by atoms with E-state index < -0.39 is 0 Å². The van der Waals surface area contributed by atoms with Crippen molar-refractivity contribution < 1.29 is 4.39 Å². The predicted octanol–water partition coefficient (Wildman–Crippen LogP) is 2.58. The minimum Gasteiger partial charge on any atom is -0.342 e. The molecule has 1 fully saturated rings. The molecular weight excluding hydrogens is 167 g/mol. The Morgan fingerprint density at radius 3 is 3.00 bits per heavy atom. The van der Waals surface area contributed by atoms with Crippen LogP contribution in [0.15, 0.2) is 18.2 Å². The Morgan fingerprint density at radius 1 is 1.38 bits per heavy atom. The first kappa shape index (κ1) is 7.06. The van der Waals surface area contributed by atoms with E-state index in [9.17, 15) is 4.39 Å². The van der Waals surface area contributed by atoms with Crippen molar-refractivity contribution in [2.45, 2.75) is 18.8 Å². The second-order valence-electron chi connectivity index (χ2n) is 3.56. The molecule has 0 aliphatic heterocycles. The van der Waals surface area contributed by atoms with Crippen molar-refractivity contribution in [2.24, 2.45) is 0 Å². The molecule has 2 aromatic rings. The first-order valence-electron chi connectivity index (χ1n) is 4.48. The second kappa shape index (κ2) is 2.31. The molecule has 3 heteroatoms. The van der Waals surface area contributed by atoms with Gasteiger partial charge in [-0.3, -0.25) is 0 Å². The number of nitrogens with zero attached hydrogens (tertiary/aromatic N) is 1. The van der Waals surface area contributed by atoms with Gasteiger partial charge in [0.15, 0.2) is 0 Å². The van der Waals surface area contributed by atoms with E-state index in [2.05, 4.69) is 9.97 Å². The van der Waals surface area contributed by atoms with Gasteiger partial charge in [-0.2, -0.15) is 0 Å². The number of imidazole rings is 1. The van der Waals surface area contributed by atoms with Gasteiger partial charge in [0.1, 0.15) is 11.6 Å². The molecular formula is C10H9FN2. The Morgan fingerprint density at radius 2 is 2.23 bits per heavy atom. The lowest BCUT2D eigenvalue weighted by atomic mass is 10.3. The van der Waals surface area contributed by atoms with E-state index in [1.165, 1.54) is 25.0 Å². The summed E-state index contributed by atoms with van der Waals surface area (Å²) in [6.45, 7) is 0. The number of hydrogen-bond acceptors (Lipinski definition) is 1. The van der Waals surface area contributed by atoms with E-state index in [4.69, 9.17) is 0 Å². The predicted molar refractivity (Wildman–Crippen MR) is 48.0 cm³/mol. The lowest BCUT2D eigenvalue weighted by Crippen LogP contribution is -1.79. The number of rotatable bonds is 1. The third-order valence-electron chi connectivity index (χ3n) is 2.43. The maximum atomic E-state index is 12.8. The molecule has 3 rings (SSSR count). The Bertz CT molecular complexity index is 457. The molecule has 66 valence electrons. The molecule has 2 nitrogen and oxygen atoms in total. The number of aromatic amines is 1. The minimum absolute atomic E-state index is 0.210. The highest BCUT2D eigenvalue weighted by Gasteiger charge is 2.26. The molecule has 1 aromatic carbocycles. The zero-order valence-electron chi connectivity index (χ0n) is 7.05. The standard InChI is InChI=1S/C10H9FN2/c11-7-3-4-8-9(5-7)13-10(12-8)6-1-2-6/h3-6H,1-2H2,(H,12,13). The fourth-order valence-electron chi connectivity index (χ4n) is 1.55. The monoisotopic (exact) mass is 176 g/mol. The summed E-state index contributed by atoms with van der Waals surface area (Å²) in [5.41, 5.74) is 1.67. The van der Waals surface area contributed by atoms with Crippen LogP contribution in [0.2, 0.25) is 0 Å². The van der Waals surface area contributed by atoms with Crippen LogP contribution in [0, 0.1) is 5.82 Å². The van der Waals surface area contributed by atoms with Crippen molar-refractivity contribution in [2.75, 3.05) is 0 Å². The molecule has 0 unspecified atom stereocenters. The van der Waals surface area contributed by atoms with E-state index in [1.807, 2.05) is 0 Å². The second-order valence-corrected chi connectivity index (χ2v) is 3.56. The van der Waals surface area contributed by atoms with Crippen molar-refractivity contribution in [3.8, 4) is 0 Å². The smallest absolute Gasteiger partial charge is 0.125 e. The SMILES string of the molecule is Fc1ccc2nc(C3CC3)[nH]c2c1. The zero-order valence-corrected chi connectivity index (χ0v) is 7.05. The molecule has 1 saturated carbocycles. The van der Waals surface area contributed by atoms with Gasteiger partial charge < -0.3 is 4.98 Å². The molecule has 13 heavy (non-hydrogen) atoms. The fraction of sp³-hybridized carbons (Fsp3) is 0.300. The van der Waals surface area contributed by atoms with Gasteiger partial charge in [0.2, 0.25) is 0 Å². The van der Waals surface area contributed by atoms with Gasteiger partial charge in [-0.05, 0) is 31.0 Å². The van der Waals surface area contributed by atoms with Crippen molar-refractivity contribution in [1.29, 1.82) is 0 Å². The lowest BCUT2D eigenvalue weighted by molar-refractivity contribution is 0.629. The van der Waals surface area contributed by atoms with Gasteiger partial charge in [0.05, 0.1) is 11.0 Å². The van der Waals surface area contributed by atoms with Gasteiger partial charge in [-0.1, -0.05) is 0 Å². The number of H-pyrrole nitrogens is 1. The summed E-state index contributed by atoms with van der Waals surface area (Å²) in [5, 5.41) is 0. The average molecular weight is 176 g/mol. The van der Waals surface area contributed by atoms with Crippen LogP contribution in [-0.2, 0) is 0 Å². The number of nitrogens with one attached hydrogen (secondary N) is 1. The van der Waals surface area contributed by atoms with Crippen LogP contribution in [0.4, 0.5) is 4.39 Å². The average Bonchev–Trinajstić information content (AvgIpc) is 2.87. The van der Waals surface area contributed by atoms with Crippen LogP contribution in [0.1, 0.15) is 24.6 Å². The van der Waals surface area contributed by atoms with Gasteiger partial charge in [0, 0.05) is 5.92 Å². The Balaban J connectivity index is 2.20. The van der Waals surface area contributed by atoms with Crippen molar-refractivity contribution in [1.82, 2.24) is 9.97 Å². The summed E-state index contributed by atoms with van der Waals surface area (Å²) in [6.07, 6.45) is 2.42. The van der Waals surface area contributed by atoms with Gasteiger partial charge in [-0.25, -0.2) is 9.37 Å². The van der Waals surface area contributed by atoms with Crippen LogP contribution in [0.25, 0.3) is 11.0 Å². The normalized spacial score (nSPS) is 16.7. The van der Waals surface area contributed by atoms with Crippen molar-refractivity contribution >= 4 is 11.0 Å². The lowest BCUT2D eigenvalue weighted by Gasteiger charge is -1.86. The number of fused-ring (bicyclic) bond motifs is 1. The molecule has 1 aliphatic carbocycles. The van der Waals surface area contributed by atoms with Gasteiger partial charge in [0.25, 0.3) is 0 Å². The first-order chi connectivity index (χ1) is 6.33. The largest absolute Gasteiger partial charge is 0.342 e. The highest BCUT2D eigenvalue weighted by atomic mass is 19.1. The quantitative estimate of drug-likeness (QED) is 0.710. The molecule has 1 aromatic heterocycles. The van der Waals surface area contributed by atoms with E-state index in [1.54, 1.807) is 6.07 Å². The molecule has 0 bridgehead atoms. The summed E-state index contributed by atoms with van der Waals surface area (Å²) in [7, 11) is 0. The number of hydrogen-bond donors (Lipinski definition) is 1. The van der Waals surface area contributed by atoms with Crippen LogP contribution >= 0.6 is 0 Å². The third kappa shape index (κ3) is 1.11. The first-order valence-corrected chi connectivity index (χ1v) is 4.48. The third-order valence-corrected chi connectivity index (χ3v) is 2.43. The van der Waals surface area contributed by atoms with E-state index in [0.29, 0.717) is 5.92 Å². The Labute approximate surface area is 74.8 Å². The fourth-order valence-corrected chi connectivity index (χ4v) is 1.55. The summed E-state index contributed by atoms with van der Waals surface area (Å²) in [4.78, 5) is 7.54. The maximum Gasteiger partial charge on any atom is 0.125 e. The van der Waals surface area contributed by atoms with Gasteiger partial charge >= 0.3 is 0 Å². The molecule has 0 saturated heterocycles. The number of aromatic nitrogens is 2. The van der Waals surface area contributed by atoms with Gasteiger partial charge in [-0.15, -0.1) is 0 Å². The molecule has 1 aliphatic rings. The Kier molecular flexibility index (Phi) is 1.26. The topological polar surface area (TPSA) is 28.7 Å². The van der Waals surface area contributed by atoms with Crippen LogP contribution < -0.4 is 0 Å². The van der Waals surface area contributed by atoms with Crippen molar-refractivity contribution in [3.63, 3.8) is 0 Å². The van der Waals surface area contributed by atoms with Crippen LogP contribution in [0.5, 0.6) is 0 Å². The molecule has 1 heterocycles. The summed E-state index contributed by atoms with van der Waals surface area (Å²) in [6, 6.07) is 4.65. The summed E-state index contributed by atoms with van der Waals surface area (Å²) < 4.78 is 12.8. The summed E-state index contributed by atoms with van der Waals surface area (Å²) >= 11 is 0. The molecule has 0 radical (unpaired) electrons. The van der Waals surface area contributed by atoms with Crippen LogP contribution in [0.3, 0.4) is 0 Å². The van der Waals surface area contributed by atoms with E-state index >= 15 is 0 Å². The molecule has 0 atom stereocenters. The highest BCUT2D eigenvalue weighted by Crippen LogP contribution is 2.38. The molecule has 0 amide bonds. The highest BCUT2D eigenvalue weighted by molar-refractivity contribution is 5.75. The van der Waals surface area contributed by atoms with Crippen LogP contribution in [-0.4, -0.2) is 9.97 Å². The zero-order chi connectivity index (χ0) is 8.84. The molecule has 1 N–H and O–H groups in total. The summed E-state index contributed by atoms with van der Waals surface area (Å²) in [5.74, 6) is 1.40. The Hall–Kier alpha value is -1.38. The van der Waals surface area contributed by atoms with Crippen molar-refractivity contribution in [3.05, 3.63) is 29.8 Å². The minimum atomic E-state index is -0.210. The number of halogens is 1. The van der Waals surface area contributed by atoms with E-state index in [-0.39, 0.29) is 5.82 Å². The molecule has 0 spiro atoms. The number of benzene rings is 1. The van der Waals surface area contributed by atoms with E-state index in [0.717, 1.165) is 16.9 Å². The maximum absolute atomic E-state index is 12.8.